The topological polar surface area (TPSA) is 74.2 Å². The predicted molar refractivity (Wildman–Crippen MR) is 90.2 cm³/mol. The zero-order valence-electron chi connectivity index (χ0n) is 13.3. The molecular formula is C17H20FN3O2S. The van der Waals surface area contributed by atoms with Crippen LogP contribution in [0.2, 0.25) is 0 Å². The fourth-order valence-corrected chi connectivity index (χ4v) is 3.48. The number of thiazole rings is 1. The Balaban J connectivity index is 1.56. The van der Waals surface area contributed by atoms with Gasteiger partial charge in [0.25, 0.3) is 0 Å². The van der Waals surface area contributed by atoms with E-state index in [-0.39, 0.29) is 24.2 Å². The van der Waals surface area contributed by atoms with Crippen molar-refractivity contribution in [1.29, 1.82) is 0 Å². The van der Waals surface area contributed by atoms with Gasteiger partial charge in [-0.05, 0) is 31.7 Å². The Bertz CT molecular complexity index is 717. The van der Waals surface area contributed by atoms with Gasteiger partial charge in [0.15, 0.2) is 0 Å². The fourth-order valence-electron chi connectivity index (χ4n) is 2.56. The molecule has 1 fully saturated rings. The number of aliphatic hydroxyl groups excluding tert-OH is 1. The second-order valence-corrected chi connectivity index (χ2v) is 7.28. The largest absolute Gasteiger partial charge is 0.386 e. The summed E-state index contributed by atoms with van der Waals surface area (Å²) in [4.78, 5) is 17.6. The number of carbonyl (C=O) groups is 1. The predicted octanol–water partition coefficient (Wildman–Crippen LogP) is 3.07. The third-order valence-electron chi connectivity index (χ3n) is 4.01. The van der Waals surface area contributed by atoms with Crippen molar-refractivity contribution in [2.45, 2.75) is 31.9 Å². The number of nitrogens with zero attached hydrogens (tertiary/aromatic N) is 1. The molecule has 1 aliphatic rings. The highest BCUT2D eigenvalue weighted by Gasteiger charge is 2.35. The monoisotopic (exact) mass is 349 g/mol. The highest BCUT2D eigenvalue weighted by Crippen LogP contribution is 2.41. The molecule has 7 heteroatoms. The van der Waals surface area contributed by atoms with Gasteiger partial charge in [0.1, 0.15) is 10.8 Å². The van der Waals surface area contributed by atoms with Gasteiger partial charge in [0.2, 0.25) is 0 Å². The van der Waals surface area contributed by atoms with Gasteiger partial charge in [-0.15, -0.1) is 11.3 Å². The second-order valence-electron chi connectivity index (χ2n) is 6.02. The first-order valence-corrected chi connectivity index (χ1v) is 8.75. The molecule has 1 aromatic heterocycles. The fraction of sp³-hybridized carbons (Fsp3) is 0.412. The molecule has 2 amide bonds. The molecule has 0 spiro atoms. The lowest BCUT2D eigenvalue weighted by atomic mass is 10.1. The number of carbonyl (C=O) groups excluding carboxylic acids is 1. The normalized spacial score (nSPS) is 16.5. The minimum absolute atomic E-state index is 0.0545. The summed E-state index contributed by atoms with van der Waals surface area (Å²) in [7, 11) is 0. The van der Waals surface area contributed by atoms with Crippen LogP contribution >= 0.6 is 11.3 Å². The first-order valence-electron chi connectivity index (χ1n) is 7.94. The maximum atomic E-state index is 13.6. The molecule has 24 heavy (non-hydrogen) atoms. The summed E-state index contributed by atoms with van der Waals surface area (Å²) in [6, 6.07) is 5.51. The molecule has 128 valence electrons. The molecular weight excluding hydrogens is 329 g/mol. The molecule has 1 aromatic carbocycles. The first kappa shape index (κ1) is 16.9. The van der Waals surface area contributed by atoms with Crippen molar-refractivity contribution in [3.63, 3.8) is 0 Å². The standard InChI is InChI=1S/C17H20FN3O2S/c1-10-8-19-16(24-10)15(11-6-7-11)21-17(23)20-9-14(22)12-4-2-3-5-13(12)18/h2-5,8,11,14-15,22H,6-7,9H2,1H3,(H2,20,21,23). The summed E-state index contributed by atoms with van der Waals surface area (Å²) in [5.74, 6) is -0.0703. The average molecular weight is 349 g/mol. The quantitative estimate of drug-likeness (QED) is 0.750. The molecule has 0 radical (unpaired) electrons. The maximum absolute atomic E-state index is 13.6. The first-order chi connectivity index (χ1) is 11.5. The van der Waals surface area contributed by atoms with E-state index in [1.165, 1.54) is 12.1 Å². The molecule has 2 atom stereocenters. The van der Waals surface area contributed by atoms with Crippen LogP contribution in [0, 0.1) is 18.7 Å². The number of urea groups is 1. The zero-order chi connectivity index (χ0) is 17.1. The van der Waals surface area contributed by atoms with E-state index in [0.29, 0.717) is 5.92 Å². The highest BCUT2D eigenvalue weighted by molar-refractivity contribution is 7.11. The molecule has 2 aromatic rings. The van der Waals surface area contributed by atoms with Gasteiger partial charge in [0, 0.05) is 23.2 Å². The Morgan fingerprint density at radius 3 is 2.83 bits per heavy atom. The Morgan fingerprint density at radius 1 is 1.46 bits per heavy atom. The van der Waals surface area contributed by atoms with Gasteiger partial charge in [0.05, 0.1) is 12.1 Å². The van der Waals surface area contributed by atoms with Gasteiger partial charge >= 0.3 is 6.03 Å². The number of amides is 2. The molecule has 3 rings (SSSR count). The van der Waals surface area contributed by atoms with E-state index in [9.17, 15) is 14.3 Å². The Kier molecular flexibility index (Phi) is 5.11. The van der Waals surface area contributed by atoms with Gasteiger partial charge in [-0.1, -0.05) is 18.2 Å². The summed E-state index contributed by atoms with van der Waals surface area (Å²) < 4.78 is 13.6. The van der Waals surface area contributed by atoms with Gasteiger partial charge in [-0.2, -0.15) is 0 Å². The van der Waals surface area contributed by atoms with Gasteiger partial charge in [-0.3, -0.25) is 0 Å². The van der Waals surface area contributed by atoms with Gasteiger partial charge in [-0.25, -0.2) is 14.2 Å². The second kappa shape index (κ2) is 7.27. The summed E-state index contributed by atoms with van der Waals surface area (Å²) in [5.41, 5.74) is 0.173. The molecule has 1 aliphatic carbocycles. The third kappa shape index (κ3) is 4.10. The Labute approximate surface area is 143 Å². The van der Waals surface area contributed by atoms with Crippen molar-refractivity contribution in [1.82, 2.24) is 15.6 Å². The smallest absolute Gasteiger partial charge is 0.315 e. The average Bonchev–Trinajstić information content (AvgIpc) is 3.32. The summed E-state index contributed by atoms with van der Waals surface area (Å²) in [6.07, 6.45) is 2.86. The SMILES string of the molecule is Cc1cnc(C(NC(=O)NCC(O)c2ccccc2F)C2CC2)s1. The van der Waals surface area contributed by atoms with Crippen molar-refractivity contribution in [2.75, 3.05) is 6.54 Å². The molecule has 2 unspecified atom stereocenters. The highest BCUT2D eigenvalue weighted by atomic mass is 32.1. The lowest BCUT2D eigenvalue weighted by Crippen LogP contribution is -2.40. The zero-order valence-corrected chi connectivity index (χ0v) is 14.1. The van der Waals surface area contributed by atoms with Crippen molar-refractivity contribution < 1.29 is 14.3 Å². The number of aryl methyl sites for hydroxylation is 1. The van der Waals surface area contributed by atoms with Crippen LogP contribution in [-0.4, -0.2) is 22.7 Å². The minimum Gasteiger partial charge on any atom is -0.386 e. The van der Waals surface area contributed by atoms with E-state index in [1.54, 1.807) is 29.7 Å². The molecule has 5 nitrogen and oxygen atoms in total. The van der Waals surface area contributed by atoms with E-state index in [2.05, 4.69) is 15.6 Å². The summed E-state index contributed by atoms with van der Waals surface area (Å²) >= 11 is 1.58. The molecule has 0 aliphatic heterocycles. The van der Waals surface area contributed by atoms with Crippen LogP contribution in [0.1, 0.15) is 40.4 Å². The number of rotatable bonds is 6. The van der Waals surface area contributed by atoms with Crippen LogP contribution < -0.4 is 10.6 Å². The van der Waals surface area contributed by atoms with E-state index in [4.69, 9.17) is 0 Å². The lowest BCUT2D eigenvalue weighted by molar-refractivity contribution is 0.168. The van der Waals surface area contributed by atoms with Crippen LogP contribution in [0.25, 0.3) is 0 Å². The number of benzene rings is 1. The van der Waals surface area contributed by atoms with Gasteiger partial charge < -0.3 is 15.7 Å². The molecule has 1 saturated carbocycles. The third-order valence-corrected chi connectivity index (χ3v) is 5.00. The Morgan fingerprint density at radius 2 is 2.21 bits per heavy atom. The van der Waals surface area contributed by atoms with Crippen molar-refractivity contribution >= 4 is 17.4 Å². The van der Waals surface area contributed by atoms with E-state index in [1.807, 2.05) is 6.92 Å². The number of nitrogens with one attached hydrogen (secondary N) is 2. The van der Waals surface area contributed by atoms with Crippen LogP contribution in [0.3, 0.4) is 0 Å². The van der Waals surface area contributed by atoms with E-state index < -0.39 is 11.9 Å². The molecule has 1 heterocycles. The maximum Gasteiger partial charge on any atom is 0.315 e. The lowest BCUT2D eigenvalue weighted by Gasteiger charge is -2.18. The summed E-state index contributed by atoms with van der Waals surface area (Å²) in [5, 5.41) is 16.5. The minimum atomic E-state index is -1.08. The molecule has 0 bridgehead atoms. The van der Waals surface area contributed by atoms with E-state index >= 15 is 0 Å². The number of hydrogen-bond donors (Lipinski definition) is 3. The number of hydrogen-bond acceptors (Lipinski definition) is 4. The van der Waals surface area contributed by atoms with Crippen molar-refractivity contribution in [3.05, 3.63) is 51.7 Å². The molecule has 3 N–H and O–H groups in total. The van der Waals surface area contributed by atoms with E-state index in [0.717, 1.165) is 22.7 Å². The van der Waals surface area contributed by atoms with Crippen molar-refractivity contribution in [3.8, 4) is 0 Å². The number of aliphatic hydroxyl groups is 1. The number of aromatic nitrogens is 1. The number of halogens is 1. The molecule has 0 saturated heterocycles. The van der Waals surface area contributed by atoms with Crippen LogP contribution in [0.5, 0.6) is 0 Å². The van der Waals surface area contributed by atoms with Crippen LogP contribution in [-0.2, 0) is 0 Å². The Hall–Kier alpha value is -1.99. The van der Waals surface area contributed by atoms with Crippen molar-refractivity contribution in [2.24, 2.45) is 5.92 Å². The van der Waals surface area contributed by atoms with Crippen LogP contribution in [0.4, 0.5) is 9.18 Å². The van der Waals surface area contributed by atoms with Crippen LogP contribution in [0.15, 0.2) is 30.5 Å². The summed E-state index contributed by atoms with van der Waals surface area (Å²) in [6.45, 7) is 1.93.